The molecular formula is C20H19N5O2S. The lowest BCUT2D eigenvalue weighted by Crippen LogP contribution is -2.07. The second-order valence-electron chi connectivity index (χ2n) is 6.02. The van der Waals surface area contributed by atoms with Crippen LogP contribution in [0.15, 0.2) is 48.7 Å². The van der Waals surface area contributed by atoms with E-state index < -0.39 is 0 Å². The molecule has 0 saturated heterocycles. The van der Waals surface area contributed by atoms with E-state index in [2.05, 4.69) is 31.5 Å². The van der Waals surface area contributed by atoms with Crippen molar-refractivity contribution in [1.29, 1.82) is 0 Å². The number of anilines is 1. The van der Waals surface area contributed by atoms with Gasteiger partial charge in [-0.2, -0.15) is 5.10 Å². The highest BCUT2D eigenvalue weighted by Crippen LogP contribution is 2.30. The topological polar surface area (TPSA) is 82.0 Å². The second-order valence-corrected chi connectivity index (χ2v) is 7.13. The molecule has 0 aliphatic heterocycles. The highest BCUT2D eigenvalue weighted by atomic mass is 32.1. The van der Waals surface area contributed by atoms with Gasteiger partial charge in [-0.05, 0) is 24.3 Å². The van der Waals surface area contributed by atoms with Gasteiger partial charge in [-0.25, -0.2) is 9.97 Å². The third-order valence-electron chi connectivity index (χ3n) is 4.23. The maximum atomic E-state index is 5.46. The Morgan fingerprint density at radius 1 is 0.964 bits per heavy atom. The Kier molecular flexibility index (Phi) is 5.29. The van der Waals surface area contributed by atoms with E-state index in [-0.39, 0.29) is 0 Å². The number of hydrogen-bond acceptors (Lipinski definition) is 8. The number of aromatic nitrogens is 4. The van der Waals surface area contributed by atoms with Crippen molar-refractivity contribution in [2.45, 2.75) is 13.0 Å². The van der Waals surface area contributed by atoms with E-state index in [0.29, 0.717) is 18.9 Å². The summed E-state index contributed by atoms with van der Waals surface area (Å²) >= 11 is 1.65. The minimum atomic E-state index is 0.464. The van der Waals surface area contributed by atoms with E-state index >= 15 is 0 Å². The number of nitrogens with zero attached hydrogens (tertiary/aromatic N) is 4. The van der Waals surface area contributed by atoms with Gasteiger partial charge in [-0.15, -0.1) is 16.4 Å². The molecule has 4 rings (SSSR count). The van der Waals surface area contributed by atoms with E-state index in [1.54, 1.807) is 31.8 Å². The van der Waals surface area contributed by atoms with Gasteiger partial charge < -0.3 is 14.8 Å². The molecule has 0 radical (unpaired) electrons. The van der Waals surface area contributed by atoms with Gasteiger partial charge in [-0.3, -0.25) is 0 Å². The number of nitrogens with one attached hydrogen (secondary N) is 1. The number of benzene rings is 2. The molecule has 7 nitrogen and oxygen atoms in total. The Hall–Kier alpha value is -3.26. The number of methoxy groups -OCH3 is 2. The summed E-state index contributed by atoms with van der Waals surface area (Å²) in [4.78, 5) is 9.18. The third-order valence-corrected chi connectivity index (χ3v) is 5.27. The molecule has 2 aromatic carbocycles. The van der Waals surface area contributed by atoms with E-state index in [1.165, 1.54) is 0 Å². The summed E-state index contributed by atoms with van der Waals surface area (Å²) in [6.07, 6.45) is 2.17. The number of fused-ring (bicyclic) bond motifs is 1. The number of rotatable bonds is 7. The van der Waals surface area contributed by atoms with Crippen LogP contribution in [-0.2, 0) is 13.0 Å². The Labute approximate surface area is 166 Å². The Morgan fingerprint density at radius 3 is 2.50 bits per heavy atom. The van der Waals surface area contributed by atoms with Gasteiger partial charge in [0.1, 0.15) is 16.5 Å². The summed E-state index contributed by atoms with van der Waals surface area (Å²) < 4.78 is 12.1. The fraction of sp³-hybridized carbons (Fsp3) is 0.200. The fourth-order valence-electron chi connectivity index (χ4n) is 2.93. The smallest absolute Gasteiger partial charge is 0.243 e. The zero-order valence-corrected chi connectivity index (χ0v) is 16.4. The van der Waals surface area contributed by atoms with Gasteiger partial charge in [0.2, 0.25) is 5.95 Å². The average Bonchev–Trinajstić information content (AvgIpc) is 3.16. The number of hydrogen-bond donors (Lipinski definition) is 1. The summed E-state index contributed by atoms with van der Waals surface area (Å²) in [5.41, 5.74) is 2.69. The van der Waals surface area contributed by atoms with Gasteiger partial charge in [0.15, 0.2) is 0 Å². The number of para-hydroxylation sites is 1. The van der Waals surface area contributed by atoms with Gasteiger partial charge in [0, 0.05) is 12.0 Å². The third kappa shape index (κ3) is 3.86. The standard InChI is InChI=1S/C20H19N5O2S/c1-26-16-7-5-8-17(27-2)14(16)10-13-11-22-25-20(23-13)21-12-19-24-15-6-3-4-9-18(15)28-19/h3-9,11H,10,12H2,1-2H3,(H,21,23,25). The first-order valence-electron chi connectivity index (χ1n) is 8.73. The summed E-state index contributed by atoms with van der Waals surface area (Å²) in [5, 5.41) is 12.3. The molecule has 0 unspecified atom stereocenters. The zero-order valence-electron chi connectivity index (χ0n) is 15.5. The molecule has 8 heteroatoms. The van der Waals surface area contributed by atoms with E-state index in [1.807, 2.05) is 36.4 Å². The Balaban J connectivity index is 1.50. The van der Waals surface area contributed by atoms with Crippen LogP contribution in [0.4, 0.5) is 5.95 Å². The van der Waals surface area contributed by atoms with E-state index in [4.69, 9.17) is 9.47 Å². The van der Waals surface area contributed by atoms with Crippen molar-refractivity contribution in [3.05, 3.63) is 64.9 Å². The normalized spacial score (nSPS) is 10.8. The molecule has 0 saturated carbocycles. The first-order chi connectivity index (χ1) is 13.8. The highest BCUT2D eigenvalue weighted by molar-refractivity contribution is 7.18. The highest BCUT2D eigenvalue weighted by Gasteiger charge is 2.12. The molecule has 2 aromatic heterocycles. The first-order valence-corrected chi connectivity index (χ1v) is 9.55. The minimum Gasteiger partial charge on any atom is -0.496 e. The monoisotopic (exact) mass is 393 g/mol. The molecular weight excluding hydrogens is 374 g/mol. The largest absolute Gasteiger partial charge is 0.496 e. The van der Waals surface area contributed by atoms with Crippen molar-refractivity contribution >= 4 is 27.5 Å². The van der Waals surface area contributed by atoms with Crippen molar-refractivity contribution < 1.29 is 9.47 Å². The molecule has 0 aliphatic carbocycles. The predicted octanol–water partition coefficient (Wildman–Crippen LogP) is 3.70. The van der Waals surface area contributed by atoms with E-state index in [9.17, 15) is 0 Å². The molecule has 0 bridgehead atoms. The SMILES string of the molecule is COc1cccc(OC)c1Cc1cnnc(NCc2nc3ccccc3s2)n1. The van der Waals surface area contributed by atoms with Crippen molar-refractivity contribution in [3.8, 4) is 11.5 Å². The maximum absolute atomic E-state index is 5.46. The van der Waals surface area contributed by atoms with Crippen LogP contribution in [-0.4, -0.2) is 34.4 Å². The van der Waals surface area contributed by atoms with Gasteiger partial charge in [0.05, 0.1) is 42.9 Å². The Bertz CT molecular complexity index is 1040. The van der Waals surface area contributed by atoms with Crippen LogP contribution >= 0.6 is 11.3 Å². The predicted molar refractivity (Wildman–Crippen MR) is 109 cm³/mol. The molecule has 1 N–H and O–H groups in total. The van der Waals surface area contributed by atoms with Crippen molar-refractivity contribution in [2.75, 3.05) is 19.5 Å². The molecule has 0 amide bonds. The second kappa shape index (κ2) is 8.18. The van der Waals surface area contributed by atoms with E-state index in [0.717, 1.165) is 38.0 Å². The van der Waals surface area contributed by atoms with Crippen LogP contribution in [0.3, 0.4) is 0 Å². The first kappa shape index (κ1) is 18.1. The van der Waals surface area contributed by atoms with Gasteiger partial charge in [-0.1, -0.05) is 18.2 Å². The zero-order chi connectivity index (χ0) is 19.3. The summed E-state index contributed by atoms with van der Waals surface area (Å²) in [7, 11) is 3.28. The van der Waals surface area contributed by atoms with Crippen LogP contribution in [0.1, 0.15) is 16.3 Å². The molecule has 0 fully saturated rings. The average molecular weight is 393 g/mol. The Morgan fingerprint density at radius 2 is 1.75 bits per heavy atom. The molecule has 2 heterocycles. The fourth-order valence-corrected chi connectivity index (χ4v) is 3.84. The van der Waals surface area contributed by atoms with Gasteiger partial charge >= 0.3 is 0 Å². The van der Waals surface area contributed by atoms with Crippen molar-refractivity contribution in [1.82, 2.24) is 20.2 Å². The quantitative estimate of drug-likeness (QED) is 0.513. The molecule has 0 atom stereocenters. The molecule has 0 spiro atoms. The molecule has 0 aliphatic rings. The number of ether oxygens (including phenoxy) is 2. The van der Waals surface area contributed by atoms with Crippen LogP contribution in [0.2, 0.25) is 0 Å². The van der Waals surface area contributed by atoms with Crippen molar-refractivity contribution in [3.63, 3.8) is 0 Å². The van der Waals surface area contributed by atoms with Crippen LogP contribution in [0.5, 0.6) is 11.5 Å². The molecule has 142 valence electrons. The molecule has 28 heavy (non-hydrogen) atoms. The lowest BCUT2D eigenvalue weighted by atomic mass is 10.1. The van der Waals surface area contributed by atoms with Crippen LogP contribution in [0, 0.1) is 0 Å². The van der Waals surface area contributed by atoms with Crippen LogP contribution in [0.25, 0.3) is 10.2 Å². The summed E-state index contributed by atoms with van der Waals surface area (Å²) in [6, 6.07) is 13.8. The number of thiazole rings is 1. The summed E-state index contributed by atoms with van der Waals surface area (Å²) in [6.45, 7) is 0.544. The molecule has 4 aromatic rings. The van der Waals surface area contributed by atoms with Gasteiger partial charge in [0.25, 0.3) is 0 Å². The lowest BCUT2D eigenvalue weighted by molar-refractivity contribution is 0.386. The van der Waals surface area contributed by atoms with Crippen LogP contribution < -0.4 is 14.8 Å². The maximum Gasteiger partial charge on any atom is 0.243 e. The lowest BCUT2D eigenvalue weighted by Gasteiger charge is -2.12. The summed E-state index contributed by atoms with van der Waals surface area (Å²) in [5.74, 6) is 1.97. The minimum absolute atomic E-state index is 0.464. The van der Waals surface area contributed by atoms with Crippen molar-refractivity contribution in [2.24, 2.45) is 0 Å².